The highest BCUT2D eigenvalue weighted by atomic mass is 32.2. The molecule has 7 heteroatoms. The summed E-state index contributed by atoms with van der Waals surface area (Å²) in [4.78, 5) is 2.42. The van der Waals surface area contributed by atoms with E-state index in [2.05, 4.69) is 13.6 Å². The molecule has 19 heavy (non-hydrogen) atoms. The zero-order valence-corrected chi connectivity index (χ0v) is 12.7. The van der Waals surface area contributed by atoms with Gasteiger partial charge in [-0.05, 0) is 31.7 Å². The summed E-state index contributed by atoms with van der Waals surface area (Å²) in [5.41, 5.74) is 0.743. The van der Waals surface area contributed by atoms with Crippen LogP contribution in [0.15, 0.2) is 5.03 Å². The van der Waals surface area contributed by atoms with Gasteiger partial charge in [0.15, 0.2) is 14.9 Å². The van der Waals surface area contributed by atoms with Gasteiger partial charge in [0.2, 0.25) is 0 Å². The molecule has 0 spiro atoms. The van der Waals surface area contributed by atoms with Crippen LogP contribution in [0.2, 0.25) is 0 Å². The van der Waals surface area contributed by atoms with Crippen molar-refractivity contribution in [2.45, 2.75) is 37.1 Å². The summed E-state index contributed by atoms with van der Waals surface area (Å²) in [6.45, 7) is 5.06. The fourth-order valence-electron chi connectivity index (χ4n) is 3.32. The summed E-state index contributed by atoms with van der Waals surface area (Å²) in [7, 11) is -3.25. The van der Waals surface area contributed by atoms with Crippen molar-refractivity contribution >= 4 is 21.6 Å². The Morgan fingerprint density at radius 1 is 1.37 bits per heavy atom. The van der Waals surface area contributed by atoms with Crippen molar-refractivity contribution in [3.8, 4) is 0 Å². The van der Waals surface area contributed by atoms with Crippen LogP contribution in [0.4, 0.5) is 0 Å². The third-order valence-electron chi connectivity index (χ3n) is 4.17. The maximum absolute atomic E-state index is 12.3. The standard InChI is InChI=1S/C12H19N3O2S2/c1-2-6-19(16,17)12-11(13-18-14-12)10-8-15-5-3-4-9(10)7-15/h9-10H,2-8H2,1H3/t9-,10+/m1/s1. The second kappa shape index (κ2) is 5.10. The zero-order chi connectivity index (χ0) is 13.5. The van der Waals surface area contributed by atoms with Gasteiger partial charge in [-0.3, -0.25) is 0 Å². The third kappa shape index (κ3) is 2.43. The first-order valence-corrected chi connectivity index (χ1v) is 9.27. The van der Waals surface area contributed by atoms with Crippen LogP contribution in [0.25, 0.3) is 0 Å². The van der Waals surface area contributed by atoms with Crippen molar-refractivity contribution in [2.75, 3.05) is 25.4 Å². The normalized spacial score (nSPS) is 30.7. The van der Waals surface area contributed by atoms with E-state index in [1.54, 1.807) is 0 Å². The number of aromatic nitrogens is 2. The van der Waals surface area contributed by atoms with Gasteiger partial charge in [-0.15, -0.1) is 0 Å². The van der Waals surface area contributed by atoms with Crippen LogP contribution in [0, 0.1) is 5.92 Å². The Balaban J connectivity index is 1.92. The summed E-state index contributed by atoms with van der Waals surface area (Å²) in [6.07, 6.45) is 3.03. The molecule has 0 aromatic carbocycles. The van der Waals surface area contributed by atoms with Crippen LogP contribution in [-0.4, -0.2) is 47.5 Å². The molecule has 0 saturated carbocycles. The average molecular weight is 301 g/mol. The topological polar surface area (TPSA) is 63.2 Å². The van der Waals surface area contributed by atoms with E-state index in [1.165, 1.54) is 12.8 Å². The van der Waals surface area contributed by atoms with E-state index in [0.29, 0.717) is 12.3 Å². The smallest absolute Gasteiger partial charge is 0.198 e. The number of fused-ring (bicyclic) bond motifs is 2. The van der Waals surface area contributed by atoms with Gasteiger partial charge < -0.3 is 4.90 Å². The number of sulfone groups is 1. The molecule has 0 aliphatic carbocycles. The van der Waals surface area contributed by atoms with E-state index < -0.39 is 9.84 Å². The molecule has 3 rings (SSSR count). The highest BCUT2D eigenvalue weighted by Crippen LogP contribution is 2.40. The summed E-state index contributed by atoms with van der Waals surface area (Å²) in [5.74, 6) is 1.00. The van der Waals surface area contributed by atoms with E-state index in [0.717, 1.165) is 37.1 Å². The highest BCUT2D eigenvalue weighted by molar-refractivity contribution is 7.91. The maximum atomic E-state index is 12.3. The average Bonchev–Trinajstić information content (AvgIpc) is 2.94. The molecule has 5 nitrogen and oxygen atoms in total. The van der Waals surface area contributed by atoms with Crippen molar-refractivity contribution < 1.29 is 8.42 Å². The Hall–Kier alpha value is -0.530. The number of hydrogen-bond donors (Lipinski definition) is 0. The van der Waals surface area contributed by atoms with Gasteiger partial charge in [0.1, 0.15) is 0 Å². The molecule has 1 unspecified atom stereocenters. The lowest BCUT2D eigenvalue weighted by molar-refractivity contribution is 0.269. The molecule has 2 saturated heterocycles. The minimum absolute atomic E-state index is 0.173. The van der Waals surface area contributed by atoms with Gasteiger partial charge in [-0.1, -0.05) is 6.92 Å². The molecule has 2 aliphatic rings. The van der Waals surface area contributed by atoms with Gasteiger partial charge in [-0.2, -0.15) is 8.75 Å². The van der Waals surface area contributed by atoms with Crippen LogP contribution in [-0.2, 0) is 9.84 Å². The van der Waals surface area contributed by atoms with E-state index in [4.69, 9.17) is 0 Å². The molecule has 106 valence electrons. The molecular weight excluding hydrogens is 282 g/mol. The first-order chi connectivity index (χ1) is 9.12. The Labute approximate surface area is 118 Å². The van der Waals surface area contributed by atoms with Crippen LogP contribution in [0.1, 0.15) is 37.8 Å². The van der Waals surface area contributed by atoms with Crippen LogP contribution in [0.5, 0.6) is 0 Å². The van der Waals surface area contributed by atoms with Crippen molar-refractivity contribution in [3.05, 3.63) is 5.69 Å². The Morgan fingerprint density at radius 2 is 2.21 bits per heavy atom. The van der Waals surface area contributed by atoms with Gasteiger partial charge in [0.05, 0.1) is 23.2 Å². The SMILES string of the molecule is CCCS(=O)(=O)c1nsnc1[C@H]1CN2CCC[C@@H]1C2. The molecule has 2 bridgehead atoms. The number of hydrogen-bond acceptors (Lipinski definition) is 6. The monoisotopic (exact) mass is 301 g/mol. The lowest BCUT2D eigenvalue weighted by Gasteiger charge is -2.21. The Bertz CT molecular complexity index is 555. The first kappa shape index (κ1) is 13.5. The molecule has 3 heterocycles. The van der Waals surface area contributed by atoms with Crippen LogP contribution >= 0.6 is 11.7 Å². The van der Waals surface area contributed by atoms with E-state index in [-0.39, 0.29) is 16.7 Å². The van der Waals surface area contributed by atoms with E-state index >= 15 is 0 Å². The van der Waals surface area contributed by atoms with Crippen LogP contribution < -0.4 is 0 Å². The molecule has 1 aromatic heterocycles. The van der Waals surface area contributed by atoms with Crippen molar-refractivity contribution in [2.24, 2.45) is 5.92 Å². The second-order valence-corrected chi connectivity index (χ2v) is 8.09. The first-order valence-electron chi connectivity index (χ1n) is 6.89. The minimum atomic E-state index is -3.25. The largest absolute Gasteiger partial charge is 0.302 e. The summed E-state index contributed by atoms with van der Waals surface area (Å²) < 4.78 is 32.9. The lowest BCUT2D eigenvalue weighted by atomic mass is 9.89. The maximum Gasteiger partial charge on any atom is 0.198 e. The van der Waals surface area contributed by atoms with Crippen molar-refractivity contribution in [1.82, 2.24) is 13.6 Å². The third-order valence-corrected chi connectivity index (χ3v) is 6.66. The zero-order valence-electron chi connectivity index (χ0n) is 11.1. The minimum Gasteiger partial charge on any atom is -0.302 e. The summed E-state index contributed by atoms with van der Waals surface area (Å²) in [6, 6.07) is 0. The quantitative estimate of drug-likeness (QED) is 0.844. The van der Waals surface area contributed by atoms with E-state index in [9.17, 15) is 8.42 Å². The van der Waals surface area contributed by atoms with Gasteiger partial charge in [0, 0.05) is 19.0 Å². The molecule has 2 aliphatic heterocycles. The lowest BCUT2D eigenvalue weighted by Crippen LogP contribution is -2.25. The molecule has 0 radical (unpaired) electrons. The fourth-order valence-corrected chi connectivity index (χ4v) is 5.69. The molecule has 2 fully saturated rings. The Kier molecular flexibility index (Phi) is 3.61. The summed E-state index contributed by atoms with van der Waals surface area (Å²) >= 11 is 1.04. The summed E-state index contributed by atoms with van der Waals surface area (Å²) in [5, 5.41) is 0.262. The van der Waals surface area contributed by atoms with Gasteiger partial charge in [0.25, 0.3) is 0 Å². The fraction of sp³-hybridized carbons (Fsp3) is 0.833. The second-order valence-electron chi connectivity index (χ2n) is 5.54. The van der Waals surface area contributed by atoms with Crippen molar-refractivity contribution in [1.29, 1.82) is 0 Å². The van der Waals surface area contributed by atoms with E-state index in [1.807, 2.05) is 6.92 Å². The number of rotatable bonds is 4. The highest BCUT2D eigenvalue weighted by Gasteiger charge is 2.40. The number of nitrogens with zero attached hydrogens (tertiary/aromatic N) is 3. The molecule has 3 atom stereocenters. The van der Waals surface area contributed by atoms with Gasteiger partial charge >= 0.3 is 0 Å². The van der Waals surface area contributed by atoms with Crippen LogP contribution in [0.3, 0.4) is 0 Å². The predicted octanol–water partition coefficient (Wildman–Crippen LogP) is 1.53. The molecule has 1 aromatic rings. The molecule has 0 N–H and O–H groups in total. The van der Waals surface area contributed by atoms with Crippen molar-refractivity contribution in [3.63, 3.8) is 0 Å². The molecule has 0 amide bonds. The molecular formula is C12H19N3O2S2. The Morgan fingerprint density at radius 3 is 2.95 bits per heavy atom. The number of piperidine rings is 1. The predicted molar refractivity (Wildman–Crippen MR) is 74.2 cm³/mol. The van der Waals surface area contributed by atoms with Gasteiger partial charge in [-0.25, -0.2) is 8.42 Å².